The molecule has 0 aliphatic carbocycles. The number of pyridine rings is 1. The van der Waals surface area contributed by atoms with Gasteiger partial charge < -0.3 is 15.0 Å². The van der Waals surface area contributed by atoms with Crippen LogP contribution in [0.4, 0.5) is 0 Å². The minimum absolute atomic E-state index is 0.0821. The van der Waals surface area contributed by atoms with E-state index in [-0.39, 0.29) is 19.1 Å². The first-order valence-corrected chi connectivity index (χ1v) is 6.87. The number of para-hydroxylation sites is 1. The molecule has 1 amide bonds. The van der Waals surface area contributed by atoms with Crippen molar-refractivity contribution in [2.45, 2.75) is 6.92 Å². The Bertz CT molecular complexity index is 836. The second-order valence-corrected chi connectivity index (χ2v) is 5.04. The second-order valence-electron chi connectivity index (χ2n) is 5.04. The fourth-order valence-corrected chi connectivity index (χ4v) is 2.79. The van der Waals surface area contributed by atoms with E-state index in [2.05, 4.69) is 20.9 Å². The molecule has 0 unspecified atom stereocenters. The van der Waals surface area contributed by atoms with Gasteiger partial charge in [-0.1, -0.05) is 18.2 Å². The van der Waals surface area contributed by atoms with Gasteiger partial charge in [0, 0.05) is 29.9 Å². The average molecular weight is 283 g/mol. The number of carbonyl (C=O) groups is 1. The highest BCUT2D eigenvalue weighted by Gasteiger charge is 2.15. The number of aromatic nitrogens is 2. The number of hydrogen-bond acceptors (Lipinski definition) is 3. The van der Waals surface area contributed by atoms with E-state index in [1.165, 1.54) is 0 Å². The SMILES string of the molecule is Cc1nc(C(=O)NCCO)cc2c3ccccc3n(C)c12. The zero-order chi connectivity index (χ0) is 15.0. The van der Waals surface area contributed by atoms with Gasteiger partial charge in [-0.3, -0.25) is 4.79 Å². The van der Waals surface area contributed by atoms with Gasteiger partial charge in [-0.05, 0) is 19.1 Å². The Morgan fingerprint density at radius 1 is 1.33 bits per heavy atom. The highest BCUT2D eigenvalue weighted by Crippen LogP contribution is 2.29. The first-order valence-electron chi connectivity index (χ1n) is 6.87. The minimum atomic E-state index is -0.262. The van der Waals surface area contributed by atoms with E-state index < -0.39 is 0 Å². The zero-order valence-corrected chi connectivity index (χ0v) is 12.1. The molecule has 0 aliphatic heterocycles. The standard InChI is InChI=1S/C16H17N3O2/c1-10-15-12(9-13(18-10)16(21)17-7-8-20)11-5-3-4-6-14(11)19(15)2/h3-6,9,20H,7-8H2,1-2H3,(H,17,21). The Hall–Kier alpha value is -2.40. The van der Waals surface area contributed by atoms with E-state index in [1.807, 2.05) is 38.2 Å². The lowest BCUT2D eigenvalue weighted by molar-refractivity contribution is 0.0940. The highest BCUT2D eigenvalue weighted by atomic mass is 16.3. The predicted molar refractivity (Wildman–Crippen MR) is 82.4 cm³/mol. The van der Waals surface area contributed by atoms with Crippen LogP contribution in [0.15, 0.2) is 30.3 Å². The molecule has 0 spiro atoms. The molecule has 1 aromatic carbocycles. The van der Waals surface area contributed by atoms with Gasteiger partial charge in [0.25, 0.3) is 5.91 Å². The van der Waals surface area contributed by atoms with E-state index in [1.54, 1.807) is 0 Å². The van der Waals surface area contributed by atoms with E-state index in [9.17, 15) is 4.79 Å². The van der Waals surface area contributed by atoms with Gasteiger partial charge in [0.2, 0.25) is 0 Å². The van der Waals surface area contributed by atoms with Crippen LogP contribution in [0.1, 0.15) is 16.2 Å². The second kappa shape index (κ2) is 5.18. The molecule has 21 heavy (non-hydrogen) atoms. The van der Waals surface area contributed by atoms with Crippen molar-refractivity contribution >= 4 is 27.7 Å². The molecule has 2 heterocycles. The maximum atomic E-state index is 12.1. The predicted octanol–water partition coefficient (Wildman–Crippen LogP) is 1.76. The lowest BCUT2D eigenvalue weighted by atomic mass is 10.1. The molecule has 3 rings (SSSR count). The number of nitrogens with zero attached hydrogens (tertiary/aromatic N) is 2. The number of aliphatic hydroxyl groups is 1. The summed E-state index contributed by atoms with van der Waals surface area (Å²) in [5.41, 5.74) is 3.35. The van der Waals surface area contributed by atoms with E-state index in [4.69, 9.17) is 5.11 Å². The molecule has 0 atom stereocenters. The van der Waals surface area contributed by atoms with Crippen molar-refractivity contribution in [2.75, 3.05) is 13.2 Å². The fourth-order valence-electron chi connectivity index (χ4n) is 2.79. The van der Waals surface area contributed by atoms with Crippen molar-refractivity contribution in [3.63, 3.8) is 0 Å². The van der Waals surface area contributed by atoms with Crippen molar-refractivity contribution in [3.05, 3.63) is 41.7 Å². The fraction of sp³-hybridized carbons (Fsp3) is 0.250. The van der Waals surface area contributed by atoms with Crippen LogP contribution < -0.4 is 5.32 Å². The molecule has 0 saturated heterocycles. The summed E-state index contributed by atoms with van der Waals surface area (Å²) in [7, 11) is 2.00. The number of aryl methyl sites for hydroxylation is 2. The average Bonchev–Trinajstić information content (AvgIpc) is 2.79. The quantitative estimate of drug-likeness (QED) is 0.769. The minimum Gasteiger partial charge on any atom is -0.395 e. The molecule has 0 saturated carbocycles. The third kappa shape index (κ3) is 2.15. The number of nitrogens with one attached hydrogen (secondary N) is 1. The van der Waals surface area contributed by atoms with Gasteiger partial charge >= 0.3 is 0 Å². The molecule has 108 valence electrons. The monoisotopic (exact) mass is 283 g/mol. The first-order chi connectivity index (χ1) is 10.1. The summed E-state index contributed by atoms with van der Waals surface area (Å²) in [6.45, 7) is 2.05. The van der Waals surface area contributed by atoms with Crippen LogP contribution in [0, 0.1) is 6.92 Å². The maximum Gasteiger partial charge on any atom is 0.269 e. The summed E-state index contributed by atoms with van der Waals surface area (Å²) < 4.78 is 2.10. The van der Waals surface area contributed by atoms with Gasteiger partial charge in [-0.2, -0.15) is 0 Å². The number of rotatable bonds is 3. The zero-order valence-electron chi connectivity index (χ0n) is 12.1. The van der Waals surface area contributed by atoms with Crippen molar-refractivity contribution in [2.24, 2.45) is 7.05 Å². The molecule has 0 fully saturated rings. The lowest BCUT2D eigenvalue weighted by Gasteiger charge is -2.06. The molecule has 5 heteroatoms. The molecule has 5 nitrogen and oxygen atoms in total. The summed E-state index contributed by atoms with van der Waals surface area (Å²) in [5.74, 6) is -0.262. The molecule has 2 N–H and O–H groups in total. The van der Waals surface area contributed by atoms with Crippen LogP contribution in [0.2, 0.25) is 0 Å². The van der Waals surface area contributed by atoms with Gasteiger partial charge in [0.1, 0.15) is 5.69 Å². The summed E-state index contributed by atoms with van der Waals surface area (Å²) >= 11 is 0. The molecule has 0 radical (unpaired) electrons. The van der Waals surface area contributed by atoms with Crippen molar-refractivity contribution in [3.8, 4) is 0 Å². The Balaban J connectivity index is 2.23. The largest absolute Gasteiger partial charge is 0.395 e. The summed E-state index contributed by atoms with van der Waals surface area (Å²) in [5, 5.41) is 13.6. The number of fused-ring (bicyclic) bond motifs is 3. The number of hydrogen-bond donors (Lipinski definition) is 2. The van der Waals surface area contributed by atoms with Crippen LogP contribution in [0.5, 0.6) is 0 Å². The van der Waals surface area contributed by atoms with Gasteiger partial charge in [0.15, 0.2) is 0 Å². The topological polar surface area (TPSA) is 67.2 Å². The summed E-state index contributed by atoms with van der Waals surface area (Å²) in [6.07, 6.45) is 0. The smallest absolute Gasteiger partial charge is 0.269 e. The van der Waals surface area contributed by atoms with Crippen LogP contribution >= 0.6 is 0 Å². The van der Waals surface area contributed by atoms with Crippen LogP contribution in [0.25, 0.3) is 21.8 Å². The number of benzene rings is 1. The van der Waals surface area contributed by atoms with Crippen molar-refractivity contribution in [1.29, 1.82) is 0 Å². The van der Waals surface area contributed by atoms with E-state index >= 15 is 0 Å². The van der Waals surface area contributed by atoms with Crippen LogP contribution in [-0.4, -0.2) is 33.7 Å². The Morgan fingerprint density at radius 3 is 2.86 bits per heavy atom. The maximum absolute atomic E-state index is 12.1. The first kappa shape index (κ1) is 13.6. The van der Waals surface area contributed by atoms with Crippen LogP contribution in [-0.2, 0) is 7.05 Å². The molecule has 0 bridgehead atoms. The van der Waals surface area contributed by atoms with Gasteiger partial charge in [-0.15, -0.1) is 0 Å². The summed E-state index contributed by atoms with van der Waals surface area (Å²) in [4.78, 5) is 16.4. The third-order valence-corrected chi connectivity index (χ3v) is 3.69. The normalized spacial score (nSPS) is 11.2. The Labute approximate surface area is 122 Å². The number of carbonyl (C=O) groups excluding carboxylic acids is 1. The highest BCUT2D eigenvalue weighted by molar-refractivity contribution is 6.10. The molecule has 0 aliphatic rings. The third-order valence-electron chi connectivity index (χ3n) is 3.69. The van der Waals surface area contributed by atoms with E-state index in [0.29, 0.717) is 5.69 Å². The lowest BCUT2D eigenvalue weighted by Crippen LogP contribution is -2.27. The Morgan fingerprint density at radius 2 is 2.10 bits per heavy atom. The molecular formula is C16H17N3O2. The van der Waals surface area contributed by atoms with Gasteiger partial charge in [0.05, 0.1) is 17.8 Å². The molecular weight excluding hydrogens is 266 g/mol. The van der Waals surface area contributed by atoms with Crippen molar-refractivity contribution < 1.29 is 9.90 Å². The summed E-state index contributed by atoms with van der Waals surface area (Å²) in [6, 6.07) is 9.91. The Kier molecular flexibility index (Phi) is 3.35. The molecule has 3 aromatic rings. The van der Waals surface area contributed by atoms with Crippen molar-refractivity contribution in [1.82, 2.24) is 14.9 Å². The number of amides is 1. The van der Waals surface area contributed by atoms with E-state index in [0.717, 1.165) is 27.5 Å². The van der Waals surface area contributed by atoms with Crippen LogP contribution in [0.3, 0.4) is 0 Å². The van der Waals surface area contributed by atoms with Gasteiger partial charge in [-0.25, -0.2) is 4.98 Å². The number of aliphatic hydroxyl groups excluding tert-OH is 1. The molecule has 2 aromatic heterocycles.